The van der Waals surface area contributed by atoms with E-state index in [1.165, 1.54) is 23.1 Å². The first kappa shape index (κ1) is 17.0. The van der Waals surface area contributed by atoms with Crippen LogP contribution in [0.15, 0.2) is 46.9 Å². The number of non-ortho nitro benzene ring substituents is 1. The molecule has 0 aliphatic rings. The summed E-state index contributed by atoms with van der Waals surface area (Å²) in [6.07, 6.45) is 0. The molecule has 6 nitrogen and oxygen atoms in total. The molecule has 0 saturated carbocycles. The molecule has 0 radical (unpaired) electrons. The third kappa shape index (κ3) is 4.07. The smallest absolute Gasteiger partial charge is 0.270 e. The summed E-state index contributed by atoms with van der Waals surface area (Å²) in [4.78, 5) is 24.2. The van der Waals surface area contributed by atoms with E-state index in [0.717, 1.165) is 10.0 Å². The van der Waals surface area contributed by atoms with Gasteiger partial charge in [-0.1, -0.05) is 22.0 Å². The molecule has 0 heterocycles. The van der Waals surface area contributed by atoms with Crippen LogP contribution in [0.25, 0.3) is 0 Å². The molecule has 0 aliphatic carbocycles. The Balaban J connectivity index is 2.22. The summed E-state index contributed by atoms with van der Waals surface area (Å²) < 4.78 is 6.17. The van der Waals surface area contributed by atoms with Gasteiger partial charge in [0.15, 0.2) is 0 Å². The Morgan fingerprint density at radius 3 is 2.70 bits per heavy atom. The van der Waals surface area contributed by atoms with Crippen molar-refractivity contribution in [3.05, 3.63) is 68.2 Å². The maximum Gasteiger partial charge on any atom is 0.270 e. The molecular formula is C16H15BrN2O4. The molecule has 0 atom stereocenters. The number of halogens is 1. The van der Waals surface area contributed by atoms with Crippen molar-refractivity contribution in [3.8, 4) is 5.75 Å². The van der Waals surface area contributed by atoms with Crippen LogP contribution in [0.3, 0.4) is 0 Å². The number of nitro groups is 1. The number of nitro benzene ring substituents is 1. The molecule has 120 valence electrons. The van der Waals surface area contributed by atoms with Crippen LogP contribution in [0.4, 0.5) is 5.69 Å². The topological polar surface area (TPSA) is 72.7 Å². The summed E-state index contributed by atoms with van der Waals surface area (Å²) in [5.41, 5.74) is 1.00. The summed E-state index contributed by atoms with van der Waals surface area (Å²) >= 11 is 3.39. The van der Waals surface area contributed by atoms with Gasteiger partial charge in [-0.15, -0.1) is 0 Å². The van der Waals surface area contributed by atoms with Crippen LogP contribution in [0.1, 0.15) is 15.9 Å². The van der Waals surface area contributed by atoms with E-state index in [1.807, 2.05) is 18.2 Å². The van der Waals surface area contributed by atoms with Crippen LogP contribution in [0.5, 0.6) is 5.75 Å². The van der Waals surface area contributed by atoms with Gasteiger partial charge in [-0.3, -0.25) is 14.9 Å². The number of rotatable bonds is 5. The van der Waals surface area contributed by atoms with E-state index < -0.39 is 4.92 Å². The SMILES string of the molecule is COc1ccc(Br)cc1CN(C)C(=O)c1cccc([N+](=O)[O-])c1. The molecule has 0 aromatic heterocycles. The predicted molar refractivity (Wildman–Crippen MR) is 89.6 cm³/mol. The average molecular weight is 379 g/mol. The van der Waals surface area contributed by atoms with E-state index in [9.17, 15) is 14.9 Å². The van der Waals surface area contributed by atoms with Gasteiger partial charge in [0.1, 0.15) is 5.75 Å². The number of carbonyl (C=O) groups excluding carboxylic acids is 1. The van der Waals surface area contributed by atoms with Crippen molar-refractivity contribution in [2.24, 2.45) is 0 Å². The number of hydrogen-bond donors (Lipinski definition) is 0. The van der Waals surface area contributed by atoms with E-state index in [-0.39, 0.29) is 17.2 Å². The standard InChI is InChI=1S/C16H15BrN2O4/c1-18(10-12-8-13(17)6-7-15(12)23-2)16(20)11-4-3-5-14(9-11)19(21)22/h3-9H,10H2,1-2H3. The lowest BCUT2D eigenvalue weighted by molar-refractivity contribution is -0.384. The largest absolute Gasteiger partial charge is 0.496 e. The van der Waals surface area contributed by atoms with E-state index in [0.29, 0.717) is 12.3 Å². The number of benzene rings is 2. The average Bonchev–Trinajstić information content (AvgIpc) is 2.54. The van der Waals surface area contributed by atoms with Crippen molar-refractivity contribution in [1.29, 1.82) is 0 Å². The second-order valence-corrected chi connectivity index (χ2v) is 5.84. The molecule has 2 rings (SSSR count). The first-order valence-electron chi connectivity index (χ1n) is 6.74. The van der Waals surface area contributed by atoms with E-state index in [1.54, 1.807) is 20.2 Å². The number of carbonyl (C=O) groups is 1. The second kappa shape index (κ2) is 7.23. The maximum atomic E-state index is 12.5. The Bertz CT molecular complexity index is 749. The molecular weight excluding hydrogens is 364 g/mol. The van der Waals surface area contributed by atoms with Crippen LogP contribution in [-0.2, 0) is 6.54 Å². The fraction of sp³-hybridized carbons (Fsp3) is 0.188. The van der Waals surface area contributed by atoms with Gasteiger partial charge in [0.2, 0.25) is 0 Å². The third-order valence-electron chi connectivity index (χ3n) is 3.30. The molecule has 2 aromatic carbocycles. The fourth-order valence-corrected chi connectivity index (χ4v) is 2.58. The summed E-state index contributed by atoms with van der Waals surface area (Å²) in [5.74, 6) is 0.377. The highest BCUT2D eigenvalue weighted by atomic mass is 79.9. The molecule has 0 spiro atoms. The van der Waals surface area contributed by atoms with Crippen molar-refractivity contribution >= 4 is 27.5 Å². The van der Waals surface area contributed by atoms with E-state index >= 15 is 0 Å². The second-order valence-electron chi connectivity index (χ2n) is 4.92. The van der Waals surface area contributed by atoms with Gasteiger partial charge in [0.05, 0.1) is 12.0 Å². The molecule has 0 saturated heterocycles. The van der Waals surface area contributed by atoms with Crippen LogP contribution in [0, 0.1) is 10.1 Å². The van der Waals surface area contributed by atoms with Crippen LogP contribution in [-0.4, -0.2) is 29.9 Å². The number of ether oxygens (including phenoxy) is 1. The zero-order valence-electron chi connectivity index (χ0n) is 12.7. The highest BCUT2D eigenvalue weighted by Crippen LogP contribution is 2.24. The van der Waals surface area contributed by atoms with Gasteiger partial charge >= 0.3 is 0 Å². The van der Waals surface area contributed by atoms with Gasteiger partial charge in [-0.05, 0) is 24.3 Å². The van der Waals surface area contributed by atoms with Gasteiger partial charge in [0.25, 0.3) is 11.6 Å². The van der Waals surface area contributed by atoms with Crippen LogP contribution in [0.2, 0.25) is 0 Å². The maximum absolute atomic E-state index is 12.5. The molecule has 1 amide bonds. The van der Waals surface area contributed by atoms with E-state index in [4.69, 9.17) is 4.74 Å². The van der Waals surface area contributed by atoms with Gasteiger partial charge < -0.3 is 9.64 Å². The molecule has 0 aliphatic heterocycles. The van der Waals surface area contributed by atoms with Crippen LogP contribution >= 0.6 is 15.9 Å². The van der Waals surface area contributed by atoms with Crippen molar-refractivity contribution < 1.29 is 14.5 Å². The molecule has 0 bridgehead atoms. The third-order valence-corrected chi connectivity index (χ3v) is 3.79. The number of methoxy groups -OCH3 is 1. The highest BCUT2D eigenvalue weighted by Gasteiger charge is 2.17. The van der Waals surface area contributed by atoms with E-state index in [2.05, 4.69) is 15.9 Å². The van der Waals surface area contributed by atoms with Crippen molar-refractivity contribution in [2.75, 3.05) is 14.2 Å². The number of hydrogen-bond acceptors (Lipinski definition) is 4. The molecule has 0 N–H and O–H groups in total. The van der Waals surface area contributed by atoms with Gasteiger partial charge in [0, 0.05) is 41.3 Å². The van der Waals surface area contributed by atoms with Crippen molar-refractivity contribution in [3.63, 3.8) is 0 Å². The fourth-order valence-electron chi connectivity index (χ4n) is 2.17. The predicted octanol–water partition coefficient (Wildman–Crippen LogP) is 3.64. The lowest BCUT2D eigenvalue weighted by atomic mass is 10.1. The first-order valence-corrected chi connectivity index (χ1v) is 7.54. The Morgan fingerprint density at radius 1 is 1.30 bits per heavy atom. The lowest BCUT2D eigenvalue weighted by Crippen LogP contribution is -2.26. The first-order chi connectivity index (χ1) is 10.9. The quantitative estimate of drug-likeness (QED) is 0.587. The Kier molecular flexibility index (Phi) is 5.33. The normalized spacial score (nSPS) is 10.2. The Labute approximate surface area is 142 Å². The summed E-state index contributed by atoms with van der Waals surface area (Å²) in [5, 5.41) is 10.8. The van der Waals surface area contributed by atoms with Crippen molar-refractivity contribution in [2.45, 2.75) is 6.54 Å². The minimum Gasteiger partial charge on any atom is -0.496 e. The number of nitrogens with zero attached hydrogens (tertiary/aromatic N) is 2. The van der Waals surface area contributed by atoms with Crippen LogP contribution < -0.4 is 4.74 Å². The Hall–Kier alpha value is -2.41. The molecule has 23 heavy (non-hydrogen) atoms. The number of amides is 1. The molecule has 0 unspecified atom stereocenters. The summed E-state index contributed by atoms with van der Waals surface area (Å²) in [6, 6.07) is 11.2. The lowest BCUT2D eigenvalue weighted by Gasteiger charge is -2.19. The molecule has 0 fully saturated rings. The van der Waals surface area contributed by atoms with Crippen molar-refractivity contribution in [1.82, 2.24) is 4.90 Å². The highest BCUT2D eigenvalue weighted by molar-refractivity contribution is 9.10. The minimum absolute atomic E-state index is 0.107. The van der Waals surface area contributed by atoms with Gasteiger partial charge in [-0.2, -0.15) is 0 Å². The summed E-state index contributed by atoms with van der Waals surface area (Å²) in [7, 11) is 3.20. The monoisotopic (exact) mass is 378 g/mol. The van der Waals surface area contributed by atoms with Gasteiger partial charge in [-0.25, -0.2) is 0 Å². The molecule has 7 heteroatoms. The Morgan fingerprint density at radius 2 is 2.04 bits per heavy atom. The zero-order chi connectivity index (χ0) is 17.0. The molecule has 2 aromatic rings. The minimum atomic E-state index is -0.520. The summed E-state index contributed by atoms with van der Waals surface area (Å²) in [6.45, 7) is 0.324. The zero-order valence-corrected chi connectivity index (χ0v) is 14.2.